The molecule has 0 unspecified atom stereocenters. The molecule has 0 saturated heterocycles. The van der Waals surface area contributed by atoms with E-state index in [1.54, 1.807) is 6.92 Å². The molecule has 1 amide bonds. The first-order valence-electron chi connectivity index (χ1n) is 3.09. The van der Waals surface area contributed by atoms with Crippen molar-refractivity contribution in [3.63, 3.8) is 0 Å². The first-order chi connectivity index (χ1) is 5.16. The molecule has 1 aliphatic rings. The number of carbonyl (C=O) groups excluding carboxylic acids is 1. The normalized spacial score (nSPS) is 16.3. The van der Waals surface area contributed by atoms with Gasteiger partial charge < -0.3 is 5.11 Å². The summed E-state index contributed by atoms with van der Waals surface area (Å²) >= 11 is 0. The Morgan fingerprint density at radius 1 is 1.55 bits per heavy atom. The molecule has 1 rings (SSSR count). The van der Waals surface area contributed by atoms with Crippen molar-refractivity contribution in [3.8, 4) is 0 Å². The van der Waals surface area contributed by atoms with Gasteiger partial charge in [-0.1, -0.05) is 6.92 Å². The third kappa shape index (κ3) is 1.17. The second-order valence-electron chi connectivity index (χ2n) is 1.99. The van der Waals surface area contributed by atoms with E-state index in [4.69, 9.17) is 5.11 Å². The van der Waals surface area contributed by atoms with Gasteiger partial charge in [0.15, 0.2) is 5.70 Å². The van der Waals surface area contributed by atoms with Crippen LogP contribution >= 0.6 is 0 Å². The van der Waals surface area contributed by atoms with Crippen LogP contribution in [0.1, 0.15) is 13.3 Å². The third-order valence-corrected chi connectivity index (χ3v) is 1.34. The summed E-state index contributed by atoms with van der Waals surface area (Å²) in [6.07, 6.45) is 0.355. The van der Waals surface area contributed by atoms with Crippen molar-refractivity contribution in [2.75, 3.05) is 0 Å². The summed E-state index contributed by atoms with van der Waals surface area (Å²) in [5.74, 6) is -1.73. The van der Waals surface area contributed by atoms with E-state index >= 15 is 0 Å². The van der Waals surface area contributed by atoms with E-state index in [-0.39, 0.29) is 11.3 Å². The lowest BCUT2D eigenvalue weighted by Crippen LogP contribution is -2.02. The van der Waals surface area contributed by atoms with E-state index in [9.17, 15) is 9.59 Å². The summed E-state index contributed by atoms with van der Waals surface area (Å²) in [6, 6.07) is 0. The average Bonchev–Trinajstić information content (AvgIpc) is 2.30. The quantitative estimate of drug-likeness (QED) is 0.636. The molecule has 0 aromatic rings. The minimum absolute atomic E-state index is 0.178. The van der Waals surface area contributed by atoms with Crippen molar-refractivity contribution in [1.29, 1.82) is 0 Å². The highest BCUT2D eigenvalue weighted by molar-refractivity contribution is 6.04. The Morgan fingerprint density at radius 2 is 2.18 bits per heavy atom. The van der Waals surface area contributed by atoms with Crippen molar-refractivity contribution in [2.45, 2.75) is 13.3 Å². The molecule has 0 aromatic carbocycles. The molecule has 5 heteroatoms. The standard InChI is InChI=1S/C6H6N2O3/c1-2-3-4(6(10)11)7-8-5(3)9/h2H2,1H3,(H,10,11). The molecule has 0 fully saturated rings. The number of aliphatic carboxylic acids is 1. The number of amides is 1. The fraction of sp³-hybridized carbons (Fsp3) is 0.333. The van der Waals surface area contributed by atoms with Crippen molar-refractivity contribution >= 4 is 11.9 Å². The highest BCUT2D eigenvalue weighted by Gasteiger charge is 2.24. The van der Waals surface area contributed by atoms with Gasteiger partial charge in [-0.15, -0.1) is 10.2 Å². The number of rotatable bonds is 2. The average molecular weight is 154 g/mol. The number of hydrogen-bond donors (Lipinski definition) is 1. The molecule has 58 valence electrons. The van der Waals surface area contributed by atoms with Crippen LogP contribution < -0.4 is 0 Å². The Labute approximate surface area is 62.4 Å². The molecule has 0 radical (unpaired) electrons. The van der Waals surface area contributed by atoms with Crippen LogP contribution in [0, 0.1) is 0 Å². The molecule has 0 spiro atoms. The van der Waals surface area contributed by atoms with E-state index in [1.807, 2.05) is 0 Å². The highest BCUT2D eigenvalue weighted by atomic mass is 16.4. The molecule has 1 N–H and O–H groups in total. The molecule has 0 aliphatic carbocycles. The molecule has 1 aliphatic heterocycles. The largest absolute Gasteiger partial charge is 0.476 e. The Bertz CT molecular complexity index is 278. The summed E-state index contributed by atoms with van der Waals surface area (Å²) in [4.78, 5) is 21.1. The van der Waals surface area contributed by atoms with Gasteiger partial charge in [0.05, 0.1) is 5.57 Å². The second kappa shape index (κ2) is 2.61. The zero-order chi connectivity index (χ0) is 8.43. The number of nitrogens with zero attached hydrogens (tertiary/aromatic N) is 2. The lowest BCUT2D eigenvalue weighted by Gasteiger charge is -1.91. The Hall–Kier alpha value is -1.52. The number of carboxylic acid groups (broad SMARTS) is 1. The maximum absolute atomic E-state index is 10.7. The van der Waals surface area contributed by atoms with Crippen LogP contribution in [0.3, 0.4) is 0 Å². The number of hydrogen-bond acceptors (Lipinski definition) is 3. The molecule has 0 bridgehead atoms. The lowest BCUT2D eigenvalue weighted by atomic mass is 10.1. The van der Waals surface area contributed by atoms with Gasteiger partial charge in [0.2, 0.25) is 0 Å². The van der Waals surface area contributed by atoms with Gasteiger partial charge in [-0.25, -0.2) is 4.79 Å². The summed E-state index contributed by atoms with van der Waals surface area (Å²) in [5.41, 5.74) is -0.0463. The minimum Gasteiger partial charge on any atom is -0.476 e. The van der Waals surface area contributed by atoms with Crippen LogP contribution in [0.2, 0.25) is 0 Å². The molecular weight excluding hydrogens is 148 g/mol. The summed E-state index contributed by atoms with van der Waals surface area (Å²) in [7, 11) is 0. The van der Waals surface area contributed by atoms with Crippen molar-refractivity contribution in [2.24, 2.45) is 10.2 Å². The van der Waals surface area contributed by atoms with E-state index < -0.39 is 11.9 Å². The van der Waals surface area contributed by atoms with Crippen LogP contribution in [0.15, 0.2) is 21.5 Å². The second-order valence-corrected chi connectivity index (χ2v) is 1.99. The molecule has 1 heterocycles. The maximum atomic E-state index is 10.7. The number of carbonyl (C=O) groups is 2. The lowest BCUT2D eigenvalue weighted by molar-refractivity contribution is -0.132. The van der Waals surface area contributed by atoms with Crippen molar-refractivity contribution in [1.82, 2.24) is 0 Å². The van der Waals surface area contributed by atoms with E-state index in [0.29, 0.717) is 6.42 Å². The van der Waals surface area contributed by atoms with Gasteiger partial charge in [-0.3, -0.25) is 4.79 Å². The van der Waals surface area contributed by atoms with Gasteiger partial charge >= 0.3 is 5.97 Å². The SMILES string of the molecule is CCC1=C(C(=O)O)N=NC1=O. The zero-order valence-corrected chi connectivity index (χ0v) is 5.87. The Kier molecular flexibility index (Phi) is 1.80. The predicted molar refractivity (Wildman–Crippen MR) is 34.8 cm³/mol. The zero-order valence-electron chi connectivity index (χ0n) is 5.87. The van der Waals surface area contributed by atoms with Crippen molar-refractivity contribution < 1.29 is 14.7 Å². The fourth-order valence-electron chi connectivity index (χ4n) is 0.808. The van der Waals surface area contributed by atoms with Crippen LogP contribution in [0.25, 0.3) is 0 Å². The minimum atomic E-state index is -1.20. The fourth-order valence-corrected chi connectivity index (χ4v) is 0.808. The maximum Gasteiger partial charge on any atom is 0.356 e. The first-order valence-corrected chi connectivity index (χ1v) is 3.09. The van der Waals surface area contributed by atoms with Crippen molar-refractivity contribution in [3.05, 3.63) is 11.3 Å². The molecule has 0 saturated carbocycles. The molecule has 11 heavy (non-hydrogen) atoms. The van der Waals surface area contributed by atoms with Crippen LogP contribution in [0.5, 0.6) is 0 Å². The smallest absolute Gasteiger partial charge is 0.356 e. The first kappa shape index (κ1) is 7.59. The topological polar surface area (TPSA) is 79.1 Å². The number of azo groups is 1. The van der Waals surface area contributed by atoms with E-state index in [0.717, 1.165) is 0 Å². The third-order valence-electron chi connectivity index (χ3n) is 1.34. The number of carboxylic acids is 1. The van der Waals surface area contributed by atoms with Gasteiger partial charge in [0.1, 0.15) is 0 Å². The summed E-state index contributed by atoms with van der Waals surface area (Å²) in [5, 5.41) is 14.8. The van der Waals surface area contributed by atoms with E-state index in [2.05, 4.69) is 10.2 Å². The Balaban J connectivity index is 3.07. The van der Waals surface area contributed by atoms with Crippen LogP contribution in [-0.2, 0) is 9.59 Å². The Morgan fingerprint density at radius 3 is 2.55 bits per heavy atom. The van der Waals surface area contributed by atoms with Gasteiger partial charge in [-0.05, 0) is 6.42 Å². The van der Waals surface area contributed by atoms with Crippen LogP contribution in [0.4, 0.5) is 0 Å². The highest BCUT2D eigenvalue weighted by Crippen LogP contribution is 2.18. The summed E-state index contributed by atoms with van der Waals surface area (Å²) < 4.78 is 0. The molecular formula is C6H6N2O3. The molecule has 0 aromatic heterocycles. The molecule has 5 nitrogen and oxygen atoms in total. The predicted octanol–water partition coefficient (Wildman–Crippen LogP) is 0.728. The molecule has 0 atom stereocenters. The van der Waals surface area contributed by atoms with Gasteiger partial charge in [0.25, 0.3) is 5.91 Å². The van der Waals surface area contributed by atoms with E-state index in [1.165, 1.54) is 0 Å². The monoisotopic (exact) mass is 154 g/mol. The van der Waals surface area contributed by atoms with Gasteiger partial charge in [-0.2, -0.15) is 0 Å². The summed E-state index contributed by atoms with van der Waals surface area (Å²) in [6.45, 7) is 1.69. The van der Waals surface area contributed by atoms with Crippen LogP contribution in [-0.4, -0.2) is 17.0 Å². The van der Waals surface area contributed by atoms with Gasteiger partial charge in [0, 0.05) is 0 Å².